The van der Waals surface area contributed by atoms with Crippen LogP contribution < -0.4 is 10.1 Å². The van der Waals surface area contributed by atoms with Crippen LogP contribution in [-0.4, -0.2) is 58.0 Å². The summed E-state index contributed by atoms with van der Waals surface area (Å²) in [4.78, 5) is 29.1. The van der Waals surface area contributed by atoms with Crippen molar-refractivity contribution in [1.29, 1.82) is 0 Å². The molecule has 1 aromatic heterocycles. The van der Waals surface area contributed by atoms with Gasteiger partial charge in [0, 0.05) is 24.7 Å². The van der Waals surface area contributed by atoms with Gasteiger partial charge in [-0.3, -0.25) is 4.79 Å². The van der Waals surface area contributed by atoms with E-state index in [1.807, 2.05) is 0 Å². The second kappa shape index (κ2) is 10.1. The van der Waals surface area contributed by atoms with Crippen LogP contribution >= 0.6 is 0 Å². The number of alkyl halides is 4. The molecule has 0 aliphatic carbocycles. The van der Waals surface area contributed by atoms with Crippen LogP contribution in [-0.2, 0) is 17.5 Å². The third-order valence-corrected chi connectivity index (χ3v) is 4.80. The highest BCUT2D eigenvalue weighted by Crippen LogP contribution is 2.31. The van der Waals surface area contributed by atoms with Gasteiger partial charge < -0.3 is 24.8 Å². The van der Waals surface area contributed by atoms with Gasteiger partial charge in [-0.05, 0) is 50.6 Å². The van der Waals surface area contributed by atoms with Crippen molar-refractivity contribution in [3.05, 3.63) is 53.2 Å². The van der Waals surface area contributed by atoms with Gasteiger partial charge in [-0.15, -0.1) is 0 Å². The molecule has 3 rings (SSSR count). The lowest BCUT2D eigenvalue weighted by Gasteiger charge is -2.20. The number of amides is 2. The second-order valence-corrected chi connectivity index (χ2v) is 8.98. The molecular formula is C23H25F4N3O5. The Morgan fingerprint density at radius 3 is 2.49 bits per heavy atom. The Balaban J connectivity index is 1.79. The number of alkyl carbamates (subject to hydrolysis) is 1. The number of pyridine rings is 1. The van der Waals surface area contributed by atoms with Crippen molar-refractivity contribution in [2.45, 2.75) is 51.4 Å². The number of aromatic nitrogens is 1. The van der Waals surface area contributed by atoms with Gasteiger partial charge in [0.1, 0.15) is 29.3 Å². The first-order valence-corrected chi connectivity index (χ1v) is 10.7. The SMILES string of the molecule is CC(C)(C)OC(=O)NCc1cc(Oc2cccc(C(=O)N3C[C@H](O)[C@@H](F)C3)c2)nc(C(F)(F)F)c1. The van der Waals surface area contributed by atoms with Crippen molar-refractivity contribution in [2.24, 2.45) is 0 Å². The molecule has 8 nitrogen and oxygen atoms in total. The molecule has 0 bridgehead atoms. The number of carbonyl (C=O) groups excluding carboxylic acids is 2. The molecule has 1 aromatic carbocycles. The van der Waals surface area contributed by atoms with Gasteiger partial charge in [0.05, 0.1) is 6.54 Å². The van der Waals surface area contributed by atoms with Gasteiger partial charge in [0.15, 0.2) is 0 Å². The van der Waals surface area contributed by atoms with Gasteiger partial charge in [-0.25, -0.2) is 14.2 Å². The zero-order valence-corrected chi connectivity index (χ0v) is 19.2. The summed E-state index contributed by atoms with van der Waals surface area (Å²) >= 11 is 0. The Hall–Kier alpha value is -3.41. The fraction of sp³-hybridized carbons (Fsp3) is 0.435. The summed E-state index contributed by atoms with van der Waals surface area (Å²) in [5, 5.41) is 11.9. The lowest BCUT2D eigenvalue weighted by Crippen LogP contribution is -2.32. The number of likely N-dealkylation sites (tertiary alicyclic amines) is 1. The topological polar surface area (TPSA) is 101 Å². The molecule has 0 radical (unpaired) electrons. The summed E-state index contributed by atoms with van der Waals surface area (Å²) in [5.74, 6) is -0.954. The van der Waals surface area contributed by atoms with E-state index in [9.17, 15) is 32.3 Å². The van der Waals surface area contributed by atoms with Gasteiger partial charge in [0.25, 0.3) is 5.91 Å². The maximum absolute atomic E-state index is 13.6. The molecule has 1 saturated heterocycles. The third-order valence-electron chi connectivity index (χ3n) is 4.80. The number of rotatable bonds is 5. The van der Waals surface area contributed by atoms with Crippen LogP contribution in [0.1, 0.15) is 42.4 Å². The Kier molecular flexibility index (Phi) is 7.53. The van der Waals surface area contributed by atoms with Gasteiger partial charge in [-0.1, -0.05) is 6.07 Å². The zero-order chi connectivity index (χ0) is 26.0. The number of benzene rings is 1. The maximum atomic E-state index is 13.6. The first kappa shape index (κ1) is 26.2. The van der Waals surface area contributed by atoms with Crippen LogP contribution in [0.5, 0.6) is 11.6 Å². The van der Waals surface area contributed by atoms with E-state index in [0.717, 1.165) is 11.0 Å². The van der Waals surface area contributed by atoms with Gasteiger partial charge in [-0.2, -0.15) is 13.2 Å². The number of β-amino-alcohol motifs (C(OH)–C–C–N with tert-alkyl or cyclic N) is 1. The largest absolute Gasteiger partial charge is 0.444 e. The minimum Gasteiger partial charge on any atom is -0.444 e. The smallest absolute Gasteiger partial charge is 0.433 e. The molecule has 1 fully saturated rings. The second-order valence-electron chi connectivity index (χ2n) is 8.98. The van der Waals surface area contributed by atoms with Crippen molar-refractivity contribution >= 4 is 12.0 Å². The Labute approximate surface area is 198 Å². The Morgan fingerprint density at radius 1 is 1.17 bits per heavy atom. The lowest BCUT2D eigenvalue weighted by atomic mass is 10.2. The van der Waals surface area contributed by atoms with Crippen molar-refractivity contribution in [3.63, 3.8) is 0 Å². The molecule has 0 spiro atoms. The molecule has 0 saturated carbocycles. The van der Waals surface area contributed by atoms with E-state index in [2.05, 4.69) is 10.3 Å². The number of aliphatic hydroxyl groups excluding tert-OH is 1. The summed E-state index contributed by atoms with van der Waals surface area (Å²) in [6.07, 6.45) is -8.42. The molecular weight excluding hydrogens is 474 g/mol. The van der Waals surface area contributed by atoms with Crippen molar-refractivity contribution in [3.8, 4) is 11.6 Å². The highest BCUT2D eigenvalue weighted by Gasteiger charge is 2.35. The number of ether oxygens (including phenoxy) is 2. The van der Waals surface area contributed by atoms with E-state index < -0.39 is 47.6 Å². The zero-order valence-electron chi connectivity index (χ0n) is 19.2. The predicted molar refractivity (Wildman–Crippen MR) is 116 cm³/mol. The number of hydrogen-bond acceptors (Lipinski definition) is 6. The van der Waals surface area contributed by atoms with Crippen molar-refractivity contribution in [2.75, 3.05) is 13.1 Å². The van der Waals surface area contributed by atoms with E-state index in [1.54, 1.807) is 20.8 Å². The molecule has 1 aliphatic rings. The maximum Gasteiger partial charge on any atom is 0.433 e. The minimum atomic E-state index is -4.78. The van der Waals surface area contributed by atoms with Crippen molar-refractivity contribution in [1.82, 2.24) is 15.2 Å². The van der Waals surface area contributed by atoms with Crippen LogP contribution in [0.25, 0.3) is 0 Å². The Bertz CT molecular complexity index is 1080. The monoisotopic (exact) mass is 499 g/mol. The van der Waals surface area contributed by atoms with E-state index in [0.29, 0.717) is 0 Å². The molecule has 2 N–H and O–H groups in total. The molecule has 190 valence electrons. The molecule has 2 heterocycles. The molecule has 12 heteroatoms. The lowest BCUT2D eigenvalue weighted by molar-refractivity contribution is -0.141. The molecule has 1 aliphatic heterocycles. The van der Waals surface area contributed by atoms with Crippen LogP contribution in [0, 0.1) is 0 Å². The van der Waals surface area contributed by atoms with Gasteiger partial charge >= 0.3 is 12.3 Å². The minimum absolute atomic E-state index is 0.0188. The summed E-state index contributed by atoms with van der Waals surface area (Å²) in [6.45, 7) is 4.22. The highest BCUT2D eigenvalue weighted by molar-refractivity contribution is 5.94. The van der Waals surface area contributed by atoms with Crippen LogP contribution in [0.2, 0.25) is 0 Å². The first-order valence-electron chi connectivity index (χ1n) is 10.7. The van der Waals surface area contributed by atoms with Gasteiger partial charge in [0.2, 0.25) is 5.88 Å². The number of carbonyl (C=O) groups is 2. The normalized spacial score (nSPS) is 18.3. The third kappa shape index (κ3) is 7.28. The number of hydrogen-bond donors (Lipinski definition) is 2. The fourth-order valence-electron chi connectivity index (χ4n) is 3.26. The summed E-state index contributed by atoms with van der Waals surface area (Å²) in [7, 11) is 0. The fourth-order valence-corrected chi connectivity index (χ4v) is 3.26. The molecule has 0 unspecified atom stereocenters. The van der Waals surface area contributed by atoms with E-state index in [1.165, 1.54) is 30.3 Å². The molecule has 35 heavy (non-hydrogen) atoms. The van der Waals surface area contributed by atoms with E-state index in [-0.39, 0.29) is 36.5 Å². The van der Waals surface area contributed by atoms with Crippen molar-refractivity contribution < 1.29 is 41.7 Å². The predicted octanol–water partition coefficient (Wildman–Crippen LogP) is 4.07. The standard InChI is InChI=1S/C23H25F4N3O5/c1-22(2,3)35-21(33)28-10-13-7-18(23(25,26)27)29-19(8-13)34-15-6-4-5-14(9-15)20(32)30-11-16(24)17(31)12-30/h4-9,16-17,31H,10-12H2,1-3H3,(H,28,33)/t16-,17-/m0/s1. The van der Waals surface area contributed by atoms with Crippen LogP contribution in [0.15, 0.2) is 36.4 Å². The number of nitrogens with zero attached hydrogens (tertiary/aromatic N) is 2. The quantitative estimate of drug-likeness (QED) is 0.602. The molecule has 2 aromatic rings. The van der Waals surface area contributed by atoms with Crippen LogP contribution in [0.4, 0.5) is 22.4 Å². The van der Waals surface area contributed by atoms with Crippen LogP contribution in [0.3, 0.4) is 0 Å². The summed E-state index contributed by atoms with van der Waals surface area (Å²) < 4.78 is 64.3. The number of nitrogens with one attached hydrogen (secondary N) is 1. The molecule has 2 amide bonds. The number of aliphatic hydroxyl groups is 1. The number of halogens is 4. The summed E-state index contributed by atoms with van der Waals surface area (Å²) in [5.41, 5.74) is -1.86. The molecule has 2 atom stereocenters. The highest BCUT2D eigenvalue weighted by atomic mass is 19.4. The average molecular weight is 499 g/mol. The van der Waals surface area contributed by atoms with E-state index >= 15 is 0 Å². The van der Waals surface area contributed by atoms with E-state index in [4.69, 9.17) is 9.47 Å². The summed E-state index contributed by atoms with van der Waals surface area (Å²) in [6, 6.07) is 7.56. The Morgan fingerprint density at radius 2 is 1.89 bits per heavy atom. The average Bonchev–Trinajstić information content (AvgIpc) is 3.08. The first-order chi connectivity index (χ1) is 16.2.